The molecule has 0 bridgehead atoms. The maximum atomic E-state index is 4.99. The van der Waals surface area contributed by atoms with E-state index < -0.39 is 0 Å². The Morgan fingerprint density at radius 3 is 2.38 bits per heavy atom. The number of imidazole rings is 1. The van der Waals surface area contributed by atoms with Crippen molar-refractivity contribution in [2.45, 2.75) is 19.5 Å². The largest absolute Gasteiger partial charge is 0.338 e. The predicted molar refractivity (Wildman–Crippen MR) is 106 cm³/mol. The van der Waals surface area contributed by atoms with Gasteiger partial charge in [0.15, 0.2) is 0 Å². The molecule has 5 rings (SSSR count). The molecule has 0 spiro atoms. The minimum Gasteiger partial charge on any atom is -0.338 e. The van der Waals surface area contributed by atoms with Crippen LogP contribution in [0.15, 0.2) is 78.9 Å². The fourth-order valence-electron chi connectivity index (χ4n) is 3.89. The van der Waals surface area contributed by atoms with Crippen LogP contribution in [0, 0.1) is 0 Å². The van der Waals surface area contributed by atoms with E-state index in [1.165, 1.54) is 22.2 Å². The van der Waals surface area contributed by atoms with Crippen LogP contribution in [0.1, 0.15) is 16.7 Å². The molecule has 1 aliphatic rings. The molecular weight excluding hydrogens is 318 g/mol. The zero-order valence-electron chi connectivity index (χ0n) is 14.7. The standard InChI is InChI=1S/C23H21N3/c1-2-8-18(9-3-1)16-26-22-13-7-6-12-21(22)24-23(26)25-15-14-19-10-4-5-11-20(19)17-25/h1-13H,14-17H2. The molecule has 3 aromatic carbocycles. The minimum atomic E-state index is 0.842. The second-order valence-electron chi connectivity index (χ2n) is 6.91. The van der Waals surface area contributed by atoms with E-state index in [0.717, 1.165) is 37.5 Å². The molecule has 0 radical (unpaired) electrons. The van der Waals surface area contributed by atoms with Crippen LogP contribution in [0.25, 0.3) is 11.0 Å². The van der Waals surface area contributed by atoms with Gasteiger partial charge in [-0.2, -0.15) is 0 Å². The molecular formula is C23H21N3. The second-order valence-corrected chi connectivity index (χ2v) is 6.91. The highest BCUT2D eigenvalue weighted by Gasteiger charge is 2.21. The van der Waals surface area contributed by atoms with E-state index in [4.69, 9.17) is 4.98 Å². The molecule has 26 heavy (non-hydrogen) atoms. The smallest absolute Gasteiger partial charge is 0.207 e. The molecule has 0 amide bonds. The normalized spacial score (nSPS) is 13.8. The highest BCUT2D eigenvalue weighted by Crippen LogP contribution is 2.28. The number of nitrogens with zero attached hydrogens (tertiary/aromatic N) is 3. The van der Waals surface area contributed by atoms with Crippen molar-refractivity contribution in [3.63, 3.8) is 0 Å². The molecule has 1 aliphatic heterocycles. The first-order chi connectivity index (χ1) is 12.9. The van der Waals surface area contributed by atoms with Crippen molar-refractivity contribution in [3.05, 3.63) is 95.6 Å². The predicted octanol–water partition coefficient (Wildman–Crippen LogP) is 4.65. The van der Waals surface area contributed by atoms with Gasteiger partial charge in [-0.1, -0.05) is 66.7 Å². The Labute approximate surface area is 153 Å². The van der Waals surface area contributed by atoms with Crippen molar-refractivity contribution in [1.82, 2.24) is 9.55 Å². The summed E-state index contributed by atoms with van der Waals surface area (Å²) in [5, 5.41) is 0. The zero-order chi connectivity index (χ0) is 17.3. The zero-order valence-corrected chi connectivity index (χ0v) is 14.7. The van der Waals surface area contributed by atoms with Crippen molar-refractivity contribution in [2.75, 3.05) is 11.4 Å². The lowest BCUT2D eigenvalue weighted by Gasteiger charge is -2.30. The van der Waals surface area contributed by atoms with E-state index in [1.54, 1.807) is 0 Å². The van der Waals surface area contributed by atoms with Crippen molar-refractivity contribution >= 4 is 17.0 Å². The Morgan fingerprint density at radius 2 is 1.50 bits per heavy atom. The summed E-state index contributed by atoms with van der Waals surface area (Å²) >= 11 is 0. The molecule has 1 aromatic heterocycles. The van der Waals surface area contributed by atoms with Gasteiger partial charge in [-0.25, -0.2) is 4.98 Å². The van der Waals surface area contributed by atoms with E-state index in [1.807, 2.05) is 0 Å². The Balaban J connectivity index is 1.58. The summed E-state index contributed by atoms with van der Waals surface area (Å²) in [7, 11) is 0. The quantitative estimate of drug-likeness (QED) is 0.542. The number of hydrogen-bond donors (Lipinski definition) is 0. The fraction of sp³-hybridized carbons (Fsp3) is 0.174. The molecule has 128 valence electrons. The Kier molecular flexibility index (Phi) is 3.71. The number of anilines is 1. The third-order valence-electron chi connectivity index (χ3n) is 5.23. The molecule has 3 heteroatoms. The molecule has 0 fully saturated rings. The first kappa shape index (κ1) is 15.2. The fourth-order valence-corrected chi connectivity index (χ4v) is 3.89. The number of rotatable bonds is 3. The maximum absolute atomic E-state index is 4.99. The number of para-hydroxylation sites is 2. The number of benzene rings is 3. The monoisotopic (exact) mass is 339 g/mol. The average Bonchev–Trinajstić information content (AvgIpc) is 3.07. The molecule has 0 atom stereocenters. The van der Waals surface area contributed by atoms with Gasteiger partial charge in [0.2, 0.25) is 5.95 Å². The van der Waals surface area contributed by atoms with Crippen LogP contribution in [-0.4, -0.2) is 16.1 Å². The number of fused-ring (bicyclic) bond motifs is 2. The van der Waals surface area contributed by atoms with Crippen LogP contribution in [0.4, 0.5) is 5.95 Å². The van der Waals surface area contributed by atoms with Crippen LogP contribution >= 0.6 is 0 Å². The summed E-state index contributed by atoms with van der Waals surface area (Å²) in [4.78, 5) is 7.42. The molecule has 0 aliphatic carbocycles. The molecule has 4 aromatic rings. The lowest BCUT2D eigenvalue weighted by Crippen LogP contribution is -2.32. The van der Waals surface area contributed by atoms with Gasteiger partial charge in [-0.05, 0) is 35.2 Å². The van der Waals surface area contributed by atoms with Gasteiger partial charge in [0.25, 0.3) is 0 Å². The Hall–Kier alpha value is -3.07. The molecule has 0 N–H and O–H groups in total. The van der Waals surface area contributed by atoms with E-state index in [9.17, 15) is 0 Å². The minimum absolute atomic E-state index is 0.842. The van der Waals surface area contributed by atoms with Crippen LogP contribution in [-0.2, 0) is 19.5 Å². The molecule has 0 saturated heterocycles. The Bertz CT molecular complexity index is 1050. The van der Waals surface area contributed by atoms with E-state index in [0.29, 0.717) is 0 Å². The average molecular weight is 339 g/mol. The molecule has 0 unspecified atom stereocenters. The van der Waals surface area contributed by atoms with Gasteiger partial charge in [0, 0.05) is 13.1 Å². The molecule has 2 heterocycles. The molecule has 3 nitrogen and oxygen atoms in total. The van der Waals surface area contributed by atoms with Gasteiger partial charge in [0.1, 0.15) is 0 Å². The van der Waals surface area contributed by atoms with Gasteiger partial charge >= 0.3 is 0 Å². The first-order valence-electron chi connectivity index (χ1n) is 9.19. The number of hydrogen-bond acceptors (Lipinski definition) is 2. The van der Waals surface area contributed by atoms with Gasteiger partial charge in [-0.3, -0.25) is 0 Å². The second kappa shape index (κ2) is 6.34. The van der Waals surface area contributed by atoms with Crippen molar-refractivity contribution in [1.29, 1.82) is 0 Å². The first-order valence-corrected chi connectivity index (χ1v) is 9.19. The molecule has 0 saturated carbocycles. The van der Waals surface area contributed by atoms with Gasteiger partial charge in [-0.15, -0.1) is 0 Å². The van der Waals surface area contributed by atoms with Crippen molar-refractivity contribution < 1.29 is 0 Å². The summed E-state index contributed by atoms with van der Waals surface area (Å²) in [6.45, 7) is 2.78. The van der Waals surface area contributed by atoms with Gasteiger partial charge in [0.05, 0.1) is 17.6 Å². The van der Waals surface area contributed by atoms with E-state index in [2.05, 4.69) is 88.3 Å². The third kappa shape index (κ3) is 2.66. The maximum Gasteiger partial charge on any atom is 0.207 e. The van der Waals surface area contributed by atoms with E-state index >= 15 is 0 Å². The highest BCUT2D eigenvalue weighted by molar-refractivity contribution is 5.79. The van der Waals surface area contributed by atoms with Crippen LogP contribution in [0.2, 0.25) is 0 Å². The van der Waals surface area contributed by atoms with Crippen molar-refractivity contribution in [2.24, 2.45) is 0 Å². The van der Waals surface area contributed by atoms with Crippen LogP contribution < -0.4 is 4.90 Å². The van der Waals surface area contributed by atoms with Crippen LogP contribution in [0.5, 0.6) is 0 Å². The third-order valence-corrected chi connectivity index (χ3v) is 5.23. The highest BCUT2D eigenvalue weighted by atomic mass is 15.3. The topological polar surface area (TPSA) is 21.1 Å². The lowest BCUT2D eigenvalue weighted by atomic mass is 10.0. The SMILES string of the molecule is c1ccc(Cn2c(N3CCc4ccccc4C3)nc3ccccc32)cc1. The lowest BCUT2D eigenvalue weighted by molar-refractivity contribution is 0.677. The Morgan fingerprint density at radius 1 is 0.769 bits per heavy atom. The summed E-state index contributed by atoms with van der Waals surface area (Å²) in [5.74, 6) is 1.07. The van der Waals surface area contributed by atoms with Gasteiger partial charge < -0.3 is 9.47 Å². The summed E-state index contributed by atoms with van der Waals surface area (Å²) in [5.41, 5.74) is 6.45. The number of aromatic nitrogens is 2. The van der Waals surface area contributed by atoms with Crippen molar-refractivity contribution in [3.8, 4) is 0 Å². The summed E-state index contributed by atoms with van der Waals surface area (Å²) in [6, 6.07) is 27.9. The van der Waals surface area contributed by atoms with E-state index in [-0.39, 0.29) is 0 Å². The summed E-state index contributed by atoms with van der Waals surface area (Å²) in [6.07, 6.45) is 1.07. The van der Waals surface area contributed by atoms with Crippen LogP contribution in [0.3, 0.4) is 0 Å². The summed E-state index contributed by atoms with van der Waals surface area (Å²) < 4.78 is 2.36.